The number of hydrogen-bond acceptors (Lipinski definition) is 5. The van der Waals surface area contributed by atoms with Crippen molar-refractivity contribution in [3.05, 3.63) is 44.6 Å². The normalized spacial score (nSPS) is 14.8. The molecule has 0 fully saturated rings. The van der Waals surface area contributed by atoms with Crippen molar-refractivity contribution in [3.63, 3.8) is 0 Å². The van der Waals surface area contributed by atoms with E-state index in [-0.39, 0.29) is 5.56 Å². The van der Waals surface area contributed by atoms with Gasteiger partial charge in [-0.15, -0.1) is 11.3 Å². The van der Waals surface area contributed by atoms with Crippen LogP contribution in [0.2, 0.25) is 5.02 Å². The molecular formula is C14H11ClO5S. The topological polar surface area (TPSA) is 76.0 Å². The van der Waals surface area contributed by atoms with Gasteiger partial charge in [0.05, 0.1) is 15.5 Å². The lowest BCUT2D eigenvalue weighted by Gasteiger charge is -2.21. The summed E-state index contributed by atoms with van der Waals surface area (Å²) in [5, 5.41) is 21.5. The second-order valence-corrected chi connectivity index (χ2v) is 5.79. The molecule has 0 saturated heterocycles. The van der Waals surface area contributed by atoms with E-state index in [4.69, 9.17) is 26.2 Å². The number of rotatable bonds is 3. The van der Waals surface area contributed by atoms with Gasteiger partial charge < -0.3 is 19.7 Å². The number of carbonyl (C=O) groups is 1. The maximum atomic E-state index is 11.1. The number of fused-ring (bicyclic) bond motifs is 1. The Morgan fingerprint density at radius 1 is 1.33 bits per heavy atom. The summed E-state index contributed by atoms with van der Waals surface area (Å²) in [4.78, 5) is 11.5. The third-order valence-electron chi connectivity index (χ3n) is 3.11. The molecule has 5 nitrogen and oxygen atoms in total. The number of halogens is 1. The van der Waals surface area contributed by atoms with Gasteiger partial charge >= 0.3 is 5.97 Å². The predicted octanol–water partition coefficient (Wildman–Crippen LogP) is 2.95. The first-order valence-corrected chi connectivity index (χ1v) is 7.41. The van der Waals surface area contributed by atoms with Gasteiger partial charge in [0.2, 0.25) is 0 Å². The van der Waals surface area contributed by atoms with Crippen molar-refractivity contribution in [2.24, 2.45) is 0 Å². The Bertz CT molecular complexity index is 697. The summed E-state index contributed by atoms with van der Waals surface area (Å²) < 4.78 is 10.9. The average Bonchev–Trinajstić information content (AvgIpc) is 2.96. The number of aliphatic hydroxyl groups excluding tert-OH is 1. The summed E-state index contributed by atoms with van der Waals surface area (Å²) in [5.41, 5.74) is 0.549. The van der Waals surface area contributed by atoms with E-state index in [1.807, 2.05) is 0 Å². The molecule has 3 rings (SSSR count). The molecule has 21 heavy (non-hydrogen) atoms. The first-order valence-electron chi connectivity index (χ1n) is 6.15. The number of ether oxygens (including phenoxy) is 2. The van der Waals surface area contributed by atoms with E-state index in [1.165, 1.54) is 17.4 Å². The molecule has 1 atom stereocenters. The lowest BCUT2D eigenvalue weighted by molar-refractivity contribution is 0.0692. The first kappa shape index (κ1) is 14.2. The quantitative estimate of drug-likeness (QED) is 0.907. The van der Waals surface area contributed by atoms with Crippen LogP contribution in [0, 0.1) is 0 Å². The Morgan fingerprint density at radius 3 is 2.86 bits per heavy atom. The number of aliphatic hydroxyl groups is 1. The van der Waals surface area contributed by atoms with Gasteiger partial charge in [0, 0.05) is 0 Å². The molecule has 0 aliphatic carbocycles. The number of aromatic carboxylic acids is 1. The fourth-order valence-electron chi connectivity index (χ4n) is 2.15. The van der Waals surface area contributed by atoms with Crippen molar-refractivity contribution < 1.29 is 24.5 Å². The second-order valence-electron chi connectivity index (χ2n) is 4.43. The van der Waals surface area contributed by atoms with E-state index in [1.54, 1.807) is 17.5 Å². The van der Waals surface area contributed by atoms with Crippen LogP contribution in [0.4, 0.5) is 0 Å². The van der Waals surface area contributed by atoms with Crippen LogP contribution in [-0.4, -0.2) is 29.4 Å². The van der Waals surface area contributed by atoms with Gasteiger partial charge in [-0.25, -0.2) is 4.79 Å². The third-order valence-corrected chi connectivity index (χ3v) is 4.36. The SMILES string of the molecule is O=C(O)c1ccsc1C(O)c1cc(Cl)c2c(c1)OCCO2. The fraction of sp³-hybridized carbons (Fsp3) is 0.214. The van der Waals surface area contributed by atoms with Crippen molar-refractivity contribution in [1.82, 2.24) is 0 Å². The Balaban J connectivity index is 2.02. The smallest absolute Gasteiger partial charge is 0.336 e. The number of benzene rings is 1. The zero-order valence-electron chi connectivity index (χ0n) is 10.7. The zero-order chi connectivity index (χ0) is 15.0. The van der Waals surface area contributed by atoms with Crippen molar-refractivity contribution in [2.45, 2.75) is 6.10 Å². The monoisotopic (exact) mass is 326 g/mol. The van der Waals surface area contributed by atoms with Gasteiger partial charge in [-0.1, -0.05) is 11.6 Å². The highest BCUT2D eigenvalue weighted by Crippen LogP contribution is 2.41. The minimum Gasteiger partial charge on any atom is -0.486 e. The molecule has 0 radical (unpaired) electrons. The maximum Gasteiger partial charge on any atom is 0.336 e. The van der Waals surface area contributed by atoms with E-state index in [2.05, 4.69) is 0 Å². The molecule has 1 aromatic carbocycles. The number of carboxylic acid groups (broad SMARTS) is 1. The fourth-order valence-corrected chi connectivity index (χ4v) is 3.32. The third kappa shape index (κ3) is 2.57. The van der Waals surface area contributed by atoms with Crippen molar-refractivity contribution in [1.29, 1.82) is 0 Å². The lowest BCUT2D eigenvalue weighted by Crippen LogP contribution is -2.16. The maximum absolute atomic E-state index is 11.1. The molecule has 1 aliphatic rings. The van der Waals surface area contributed by atoms with Gasteiger partial charge in [0.15, 0.2) is 11.5 Å². The van der Waals surface area contributed by atoms with Crippen LogP contribution in [-0.2, 0) is 0 Å². The molecule has 1 aliphatic heterocycles. The molecule has 110 valence electrons. The summed E-state index contributed by atoms with van der Waals surface area (Å²) >= 11 is 7.30. The van der Waals surface area contributed by atoms with Gasteiger partial charge in [-0.05, 0) is 29.1 Å². The summed E-state index contributed by atoms with van der Waals surface area (Å²) in [7, 11) is 0. The van der Waals surface area contributed by atoms with E-state index in [0.29, 0.717) is 40.2 Å². The molecule has 0 bridgehead atoms. The van der Waals surface area contributed by atoms with Crippen LogP contribution >= 0.6 is 22.9 Å². The number of thiophene rings is 1. The summed E-state index contributed by atoms with van der Waals surface area (Å²) in [6, 6.07) is 4.65. The molecule has 0 spiro atoms. The van der Waals surface area contributed by atoms with E-state index in [0.717, 1.165) is 0 Å². The minimum absolute atomic E-state index is 0.0820. The lowest BCUT2D eigenvalue weighted by atomic mass is 10.0. The summed E-state index contributed by atoms with van der Waals surface area (Å²) in [6.07, 6.45) is -1.08. The Morgan fingerprint density at radius 2 is 2.10 bits per heavy atom. The van der Waals surface area contributed by atoms with Crippen molar-refractivity contribution >= 4 is 28.9 Å². The molecule has 1 unspecified atom stereocenters. The van der Waals surface area contributed by atoms with Crippen molar-refractivity contribution in [3.8, 4) is 11.5 Å². The molecule has 2 heterocycles. The molecule has 1 aromatic heterocycles. The largest absolute Gasteiger partial charge is 0.486 e. The number of carboxylic acids is 1. The average molecular weight is 327 g/mol. The van der Waals surface area contributed by atoms with Gasteiger partial charge in [0.1, 0.15) is 19.3 Å². The summed E-state index contributed by atoms with van der Waals surface area (Å²) in [6.45, 7) is 0.824. The second kappa shape index (κ2) is 5.55. The van der Waals surface area contributed by atoms with Crippen LogP contribution in [0.25, 0.3) is 0 Å². The van der Waals surface area contributed by atoms with Crippen LogP contribution in [0.15, 0.2) is 23.6 Å². The molecular weight excluding hydrogens is 316 g/mol. The van der Waals surface area contributed by atoms with E-state index < -0.39 is 12.1 Å². The molecule has 2 aromatic rings. The highest BCUT2D eigenvalue weighted by atomic mass is 35.5. The Hall–Kier alpha value is -1.76. The molecule has 7 heteroatoms. The van der Waals surface area contributed by atoms with E-state index >= 15 is 0 Å². The van der Waals surface area contributed by atoms with Gasteiger partial charge in [0.25, 0.3) is 0 Å². The predicted molar refractivity (Wildman–Crippen MR) is 77.8 cm³/mol. The van der Waals surface area contributed by atoms with E-state index in [9.17, 15) is 9.90 Å². The zero-order valence-corrected chi connectivity index (χ0v) is 12.3. The number of hydrogen-bond donors (Lipinski definition) is 2. The van der Waals surface area contributed by atoms with Crippen LogP contribution in [0.3, 0.4) is 0 Å². The Kier molecular flexibility index (Phi) is 3.75. The van der Waals surface area contributed by atoms with Crippen LogP contribution < -0.4 is 9.47 Å². The molecule has 0 amide bonds. The van der Waals surface area contributed by atoms with Crippen molar-refractivity contribution in [2.75, 3.05) is 13.2 Å². The molecule has 2 N–H and O–H groups in total. The highest BCUT2D eigenvalue weighted by molar-refractivity contribution is 7.10. The molecule has 0 saturated carbocycles. The van der Waals surface area contributed by atoms with Crippen LogP contribution in [0.1, 0.15) is 26.9 Å². The Labute approximate surface area is 129 Å². The summed E-state index contributed by atoms with van der Waals surface area (Å²) in [5.74, 6) is -0.173. The minimum atomic E-state index is -1.08. The van der Waals surface area contributed by atoms with Gasteiger partial charge in [-0.2, -0.15) is 0 Å². The van der Waals surface area contributed by atoms with Gasteiger partial charge in [-0.3, -0.25) is 0 Å². The first-order chi connectivity index (χ1) is 10.1. The standard InChI is InChI=1S/C14H11ClO5S/c15-9-5-7(6-10-12(9)20-3-2-19-10)11(16)13-8(14(17)18)1-4-21-13/h1,4-6,11,16H,2-3H2,(H,17,18). The van der Waals surface area contributed by atoms with Crippen LogP contribution in [0.5, 0.6) is 11.5 Å². The highest BCUT2D eigenvalue weighted by Gasteiger charge is 2.24.